The highest BCUT2D eigenvalue weighted by molar-refractivity contribution is 5.53. The number of fused-ring (bicyclic) bond motifs is 3. The van der Waals surface area contributed by atoms with Gasteiger partial charge < -0.3 is 9.80 Å². The first-order chi connectivity index (χ1) is 11.3. The van der Waals surface area contributed by atoms with E-state index in [1.54, 1.807) is 10.8 Å². The van der Waals surface area contributed by atoms with Crippen molar-refractivity contribution in [3.8, 4) is 0 Å². The van der Waals surface area contributed by atoms with E-state index in [0.717, 1.165) is 36.2 Å². The molecule has 0 spiro atoms. The molecule has 3 fully saturated rings. The highest BCUT2D eigenvalue weighted by atomic mass is 15.4. The molecule has 3 saturated heterocycles. The molecule has 116 valence electrons. The molecule has 0 radical (unpaired) electrons. The fourth-order valence-electron chi connectivity index (χ4n) is 3.65. The summed E-state index contributed by atoms with van der Waals surface area (Å²) >= 11 is 0. The smallest absolute Gasteiger partial charge is 0.177 e. The van der Waals surface area contributed by atoms with E-state index in [1.807, 2.05) is 31.3 Å². The fourth-order valence-corrected chi connectivity index (χ4v) is 3.65. The van der Waals surface area contributed by atoms with Crippen LogP contribution in [0.25, 0.3) is 5.65 Å². The van der Waals surface area contributed by atoms with Crippen LogP contribution >= 0.6 is 0 Å². The van der Waals surface area contributed by atoms with E-state index >= 15 is 0 Å². The molecular formula is C15H16N8. The maximum Gasteiger partial charge on any atom is 0.177 e. The molecular weight excluding hydrogens is 292 g/mol. The Bertz CT molecular complexity index is 863. The Morgan fingerprint density at radius 3 is 2.78 bits per heavy atom. The van der Waals surface area contributed by atoms with Crippen LogP contribution in [-0.4, -0.2) is 55.0 Å². The van der Waals surface area contributed by atoms with Crippen molar-refractivity contribution in [2.24, 2.45) is 0 Å². The lowest BCUT2D eigenvalue weighted by Crippen LogP contribution is -2.69. The SMILES string of the molecule is Cc1nccc(N2CC3CC(C2)N3c2ccc3nncn3n2)n1. The summed E-state index contributed by atoms with van der Waals surface area (Å²) in [6, 6.07) is 6.95. The summed E-state index contributed by atoms with van der Waals surface area (Å²) in [6.07, 6.45) is 4.68. The number of piperazine rings is 1. The molecule has 8 heteroatoms. The molecule has 3 aromatic rings. The molecule has 3 aliphatic rings. The van der Waals surface area contributed by atoms with Gasteiger partial charge >= 0.3 is 0 Å². The van der Waals surface area contributed by atoms with Crippen LogP contribution in [0.5, 0.6) is 0 Å². The fraction of sp³-hybridized carbons (Fsp3) is 0.400. The minimum atomic E-state index is 0.477. The lowest BCUT2D eigenvalue weighted by Gasteiger charge is -2.57. The summed E-state index contributed by atoms with van der Waals surface area (Å²) in [5.74, 6) is 2.84. The third-order valence-corrected chi connectivity index (χ3v) is 4.69. The van der Waals surface area contributed by atoms with E-state index in [4.69, 9.17) is 0 Å². The first-order valence-electron chi connectivity index (χ1n) is 7.78. The van der Waals surface area contributed by atoms with Gasteiger partial charge in [-0.05, 0) is 31.5 Å². The highest BCUT2D eigenvalue weighted by Crippen LogP contribution is 2.37. The largest absolute Gasteiger partial charge is 0.352 e. The molecule has 8 nitrogen and oxygen atoms in total. The monoisotopic (exact) mass is 308 g/mol. The Labute approximate surface area is 132 Å². The van der Waals surface area contributed by atoms with Crippen molar-refractivity contribution in [2.75, 3.05) is 22.9 Å². The van der Waals surface area contributed by atoms with E-state index in [0.29, 0.717) is 12.1 Å². The molecule has 23 heavy (non-hydrogen) atoms. The third kappa shape index (κ3) is 1.94. The van der Waals surface area contributed by atoms with E-state index in [9.17, 15) is 0 Å². The van der Waals surface area contributed by atoms with Crippen molar-refractivity contribution in [2.45, 2.75) is 25.4 Å². The lowest BCUT2D eigenvalue weighted by atomic mass is 9.87. The molecule has 3 aromatic heterocycles. The molecule has 3 aliphatic heterocycles. The lowest BCUT2D eigenvalue weighted by molar-refractivity contribution is 0.287. The first kappa shape index (κ1) is 12.7. The summed E-state index contributed by atoms with van der Waals surface area (Å²) in [6.45, 7) is 3.86. The summed E-state index contributed by atoms with van der Waals surface area (Å²) < 4.78 is 1.73. The van der Waals surface area contributed by atoms with Crippen LogP contribution in [0.4, 0.5) is 11.6 Å². The van der Waals surface area contributed by atoms with Gasteiger partial charge in [0.2, 0.25) is 0 Å². The predicted molar refractivity (Wildman–Crippen MR) is 84.4 cm³/mol. The van der Waals surface area contributed by atoms with E-state index in [1.165, 1.54) is 6.42 Å². The number of hydrogen-bond donors (Lipinski definition) is 0. The highest BCUT2D eigenvalue weighted by Gasteiger charge is 2.45. The van der Waals surface area contributed by atoms with Crippen LogP contribution in [0.1, 0.15) is 12.2 Å². The topological polar surface area (TPSA) is 75.3 Å². The van der Waals surface area contributed by atoms with Gasteiger partial charge in [-0.25, -0.2) is 9.97 Å². The minimum Gasteiger partial charge on any atom is -0.352 e. The number of rotatable bonds is 2. The molecule has 6 heterocycles. The molecule has 6 rings (SSSR count). The van der Waals surface area contributed by atoms with E-state index in [-0.39, 0.29) is 0 Å². The van der Waals surface area contributed by atoms with Gasteiger partial charge in [0, 0.05) is 19.3 Å². The van der Waals surface area contributed by atoms with Crippen LogP contribution < -0.4 is 9.80 Å². The molecule has 0 aromatic carbocycles. The standard InChI is InChI=1S/C15H16N8/c1-10-16-5-4-13(18-10)21-7-11-6-12(8-21)23(11)15-3-2-14-19-17-9-22(14)20-15/h2-5,9,11-12H,6-8H2,1H3. The van der Waals surface area contributed by atoms with Gasteiger partial charge in [0.05, 0.1) is 12.1 Å². The van der Waals surface area contributed by atoms with Crippen molar-refractivity contribution >= 4 is 17.3 Å². The van der Waals surface area contributed by atoms with Crippen molar-refractivity contribution in [1.29, 1.82) is 0 Å². The second kappa shape index (κ2) is 4.61. The zero-order valence-corrected chi connectivity index (χ0v) is 12.7. The molecule has 0 N–H and O–H groups in total. The maximum atomic E-state index is 4.63. The minimum absolute atomic E-state index is 0.477. The van der Waals surface area contributed by atoms with Crippen LogP contribution in [0.15, 0.2) is 30.7 Å². The van der Waals surface area contributed by atoms with Gasteiger partial charge in [-0.1, -0.05) is 0 Å². The second-order valence-electron chi connectivity index (χ2n) is 6.14. The third-order valence-electron chi connectivity index (χ3n) is 4.69. The number of aromatic nitrogens is 6. The first-order valence-corrected chi connectivity index (χ1v) is 7.78. The Morgan fingerprint density at radius 1 is 1.09 bits per heavy atom. The van der Waals surface area contributed by atoms with Gasteiger partial charge in [0.1, 0.15) is 23.8 Å². The zero-order valence-electron chi connectivity index (χ0n) is 12.7. The summed E-state index contributed by atoms with van der Waals surface area (Å²) in [7, 11) is 0. The summed E-state index contributed by atoms with van der Waals surface area (Å²) in [5.41, 5.74) is 0.775. The average Bonchev–Trinajstić information content (AvgIpc) is 3.02. The quantitative estimate of drug-likeness (QED) is 0.689. The predicted octanol–water partition coefficient (Wildman–Crippen LogP) is 0.690. The molecule has 2 unspecified atom stereocenters. The Kier molecular flexibility index (Phi) is 2.55. The molecule has 0 amide bonds. The van der Waals surface area contributed by atoms with Crippen molar-refractivity contribution in [1.82, 2.24) is 29.8 Å². The average molecular weight is 308 g/mol. The number of hydrogen-bond acceptors (Lipinski definition) is 7. The Hall–Kier alpha value is -2.77. The van der Waals surface area contributed by atoms with Crippen molar-refractivity contribution in [3.63, 3.8) is 0 Å². The summed E-state index contributed by atoms with van der Waals surface area (Å²) in [4.78, 5) is 13.5. The molecule has 0 aliphatic carbocycles. The molecule has 2 atom stereocenters. The summed E-state index contributed by atoms with van der Waals surface area (Å²) in [5, 5.41) is 12.5. The zero-order chi connectivity index (χ0) is 15.4. The second-order valence-corrected chi connectivity index (χ2v) is 6.14. The van der Waals surface area contributed by atoms with Gasteiger partial charge in [0.25, 0.3) is 0 Å². The number of anilines is 2. The van der Waals surface area contributed by atoms with Crippen LogP contribution in [0.2, 0.25) is 0 Å². The normalized spacial score (nSPS) is 23.2. The van der Waals surface area contributed by atoms with Gasteiger partial charge in [-0.3, -0.25) is 0 Å². The Balaban J connectivity index is 1.40. The number of piperidine rings is 1. The van der Waals surface area contributed by atoms with Crippen molar-refractivity contribution < 1.29 is 0 Å². The maximum absolute atomic E-state index is 4.63. The van der Waals surface area contributed by atoms with Crippen LogP contribution in [0, 0.1) is 6.92 Å². The number of nitrogens with zero attached hydrogens (tertiary/aromatic N) is 8. The van der Waals surface area contributed by atoms with Gasteiger partial charge in [-0.15, -0.1) is 15.3 Å². The van der Waals surface area contributed by atoms with E-state index < -0.39 is 0 Å². The van der Waals surface area contributed by atoms with E-state index in [2.05, 4.69) is 35.1 Å². The van der Waals surface area contributed by atoms with Crippen LogP contribution in [0.3, 0.4) is 0 Å². The number of aryl methyl sites for hydroxylation is 1. The molecule has 0 saturated carbocycles. The van der Waals surface area contributed by atoms with Crippen LogP contribution in [-0.2, 0) is 0 Å². The Morgan fingerprint density at radius 2 is 1.96 bits per heavy atom. The van der Waals surface area contributed by atoms with Crippen molar-refractivity contribution in [3.05, 3.63) is 36.5 Å². The van der Waals surface area contributed by atoms with Gasteiger partial charge in [-0.2, -0.15) is 4.52 Å². The molecule has 2 bridgehead atoms. The van der Waals surface area contributed by atoms with Gasteiger partial charge in [0.15, 0.2) is 5.65 Å².